The summed E-state index contributed by atoms with van der Waals surface area (Å²) >= 11 is 1.19. The number of rotatable bonds is 10. The van der Waals surface area contributed by atoms with Crippen LogP contribution < -0.4 is 15.0 Å². The number of carboxylic acid groups (broad SMARTS) is 1. The quantitative estimate of drug-likeness (QED) is 0.338. The minimum Gasteiger partial charge on any atom is -0.481 e. The van der Waals surface area contributed by atoms with Crippen molar-refractivity contribution in [3.8, 4) is 5.88 Å². The number of urea groups is 1. The molecule has 3 aromatic rings. The standard InChI is InChI=1S/C27H32N6O8S2/c1-17(34)31-11-9-27(15-31)16-33(26(37)30-25-28-20-5-7-22(41-3)29-24(20)42-25)21-6-4-18(14-19(21)27)43(38,39)32(12-13-40-2)10-8-23(35)36/h4-7,14H,8-13,15-16H2,1-3H3,(H,35,36)(H,28,30,37). The van der Waals surface area contributed by atoms with Gasteiger partial charge in [0.2, 0.25) is 21.8 Å². The normalized spacial score (nSPS) is 18.0. The Morgan fingerprint density at radius 1 is 1.14 bits per heavy atom. The molecule has 1 aromatic carbocycles. The minimum absolute atomic E-state index is 0.0239. The largest absolute Gasteiger partial charge is 0.481 e. The molecule has 14 nitrogen and oxygen atoms in total. The molecule has 1 atom stereocenters. The summed E-state index contributed by atoms with van der Waals surface area (Å²) < 4.78 is 38.7. The molecule has 4 heterocycles. The third kappa shape index (κ3) is 6.00. The smallest absolute Gasteiger partial charge is 0.328 e. The number of pyridine rings is 1. The van der Waals surface area contributed by atoms with E-state index >= 15 is 0 Å². The zero-order valence-corrected chi connectivity index (χ0v) is 25.5. The average molecular weight is 633 g/mol. The molecule has 0 radical (unpaired) electrons. The van der Waals surface area contributed by atoms with Crippen LogP contribution in [0, 0.1) is 0 Å². The molecule has 16 heteroatoms. The van der Waals surface area contributed by atoms with Crippen LogP contribution in [0.5, 0.6) is 5.88 Å². The molecule has 2 aliphatic heterocycles. The van der Waals surface area contributed by atoms with E-state index in [1.165, 1.54) is 38.5 Å². The SMILES string of the molecule is COCCN(CCC(=O)O)S(=O)(=O)c1ccc2c(c1)C1(CCN(C(C)=O)C1)CN2C(=O)Nc1nc2ccc(OC)nc2s1. The summed E-state index contributed by atoms with van der Waals surface area (Å²) in [6.45, 7) is 2.33. The van der Waals surface area contributed by atoms with Gasteiger partial charge in [-0.15, -0.1) is 0 Å². The first-order chi connectivity index (χ1) is 20.5. The number of ether oxygens (including phenoxy) is 2. The van der Waals surface area contributed by atoms with Crippen LogP contribution in [0.2, 0.25) is 0 Å². The van der Waals surface area contributed by atoms with Crippen LogP contribution in [0.3, 0.4) is 0 Å². The fourth-order valence-corrected chi connectivity index (χ4v) is 7.79. The van der Waals surface area contributed by atoms with E-state index in [0.717, 1.165) is 4.31 Å². The molecule has 2 N–H and O–H groups in total. The number of fused-ring (bicyclic) bond motifs is 3. The van der Waals surface area contributed by atoms with Gasteiger partial charge in [0.25, 0.3) is 0 Å². The Morgan fingerprint density at radius 3 is 2.60 bits per heavy atom. The van der Waals surface area contributed by atoms with Crippen LogP contribution >= 0.6 is 11.3 Å². The molecular weight excluding hydrogens is 600 g/mol. The topological polar surface area (TPSA) is 172 Å². The maximum absolute atomic E-state index is 13.7. The summed E-state index contributed by atoms with van der Waals surface area (Å²) in [5.74, 6) is -0.803. The van der Waals surface area contributed by atoms with Crippen molar-refractivity contribution in [2.24, 2.45) is 0 Å². The molecule has 1 unspecified atom stereocenters. The van der Waals surface area contributed by atoms with E-state index in [2.05, 4.69) is 15.3 Å². The van der Waals surface area contributed by atoms with Crippen molar-refractivity contribution >= 4 is 60.4 Å². The van der Waals surface area contributed by atoms with E-state index in [1.54, 1.807) is 34.1 Å². The predicted octanol–water partition coefficient (Wildman–Crippen LogP) is 2.35. The fraction of sp³-hybridized carbons (Fsp3) is 0.444. The molecule has 0 saturated carbocycles. The highest BCUT2D eigenvalue weighted by Crippen LogP contribution is 2.47. The van der Waals surface area contributed by atoms with Crippen LogP contribution in [0.15, 0.2) is 35.2 Å². The van der Waals surface area contributed by atoms with Crippen molar-refractivity contribution in [2.45, 2.75) is 30.1 Å². The second kappa shape index (κ2) is 12.0. The number of hydrogen-bond donors (Lipinski definition) is 2. The van der Waals surface area contributed by atoms with Crippen molar-refractivity contribution in [1.82, 2.24) is 19.2 Å². The summed E-state index contributed by atoms with van der Waals surface area (Å²) in [5.41, 5.74) is 1.07. The monoisotopic (exact) mass is 632 g/mol. The predicted molar refractivity (Wildman–Crippen MR) is 158 cm³/mol. The molecule has 1 fully saturated rings. The van der Waals surface area contributed by atoms with E-state index in [-0.39, 0.29) is 43.5 Å². The number of hydrogen-bond acceptors (Lipinski definition) is 10. The van der Waals surface area contributed by atoms with Crippen LogP contribution in [0.4, 0.5) is 15.6 Å². The van der Waals surface area contributed by atoms with Gasteiger partial charge in [-0.3, -0.25) is 19.8 Å². The van der Waals surface area contributed by atoms with Gasteiger partial charge in [0.1, 0.15) is 10.3 Å². The number of sulfonamides is 1. The molecular formula is C27H32N6O8S2. The number of nitrogens with one attached hydrogen (secondary N) is 1. The second-order valence-electron chi connectivity index (χ2n) is 10.4. The number of thiazole rings is 1. The van der Waals surface area contributed by atoms with Crippen molar-refractivity contribution in [3.63, 3.8) is 0 Å². The first-order valence-electron chi connectivity index (χ1n) is 13.5. The highest BCUT2D eigenvalue weighted by Gasteiger charge is 2.50. The Labute approximate surface area is 252 Å². The first-order valence-corrected chi connectivity index (χ1v) is 15.7. The number of amides is 3. The first kappa shape index (κ1) is 30.6. The summed E-state index contributed by atoms with van der Waals surface area (Å²) in [4.78, 5) is 49.8. The highest BCUT2D eigenvalue weighted by atomic mass is 32.2. The summed E-state index contributed by atoms with van der Waals surface area (Å²) in [6.07, 6.45) is 0.164. The van der Waals surface area contributed by atoms with Crippen LogP contribution in [0.25, 0.3) is 10.3 Å². The van der Waals surface area contributed by atoms with Crippen LogP contribution in [-0.2, 0) is 29.8 Å². The van der Waals surface area contributed by atoms with Crippen molar-refractivity contribution < 1.29 is 37.4 Å². The van der Waals surface area contributed by atoms with Crippen LogP contribution in [0.1, 0.15) is 25.3 Å². The highest BCUT2D eigenvalue weighted by molar-refractivity contribution is 7.89. The van der Waals surface area contributed by atoms with Gasteiger partial charge in [-0.2, -0.15) is 4.31 Å². The molecule has 1 spiro atoms. The number of likely N-dealkylation sites (tertiary alicyclic amines) is 1. The van der Waals surface area contributed by atoms with Gasteiger partial charge in [0, 0.05) is 63.9 Å². The number of nitrogens with zero attached hydrogens (tertiary/aromatic N) is 5. The Kier molecular flexibility index (Phi) is 8.56. The third-order valence-electron chi connectivity index (χ3n) is 7.75. The molecule has 43 heavy (non-hydrogen) atoms. The number of benzene rings is 1. The van der Waals surface area contributed by atoms with Crippen LogP contribution in [-0.4, -0.2) is 104 Å². The summed E-state index contributed by atoms with van der Waals surface area (Å²) in [6, 6.07) is 7.53. The number of carboxylic acids is 1. The maximum Gasteiger partial charge on any atom is 0.328 e. The number of aromatic nitrogens is 2. The number of anilines is 2. The van der Waals surface area contributed by atoms with Gasteiger partial charge in [0.05, 0.1) is 25.0 Å². The van der Waals surface area contributed by atoms with Gasteiger partial charge in [0.15, 0.2) is 5.13 Å². The zero-order valence-electron chi connectivity index (χ0n) is 23.9. The lowest BCUT2D eigenvalue weighted by Gasteiger charge is -2.26. The minimum atomic E-state index is -4.11. The van der Waals surface area contributed by atoms with E-state index in [9.17, 15) is 27.9 Å². The Balaban J connectivity index is 1.49. The van der Waals surface area contributed by atoms with Crippen molar-refractivity contribution in [3.05, 3.63) is 35.9 Å². The maximum atomic E-state index is 13.7. The molecule has 2 aliphatic rings. The summed E-state index contributed by atoms with van der Waals surface area (Å²) in [7, 11) is -1.16. The van der Waals surface area contributed by atoms with Gasteiger partial charge in [-0.25, -0.2) is 23.2 Å². The molecule has 230 valence electrons. The van der Waals surface area contributed by atoms with E-state index in [0.29, 0.717) is 52.1 Å². The lowest BCUT2D eigenvalue weighted by molar-refractivity contribution is -0.137. The number of carbonyl (C=O) groups is 3. The number of carbonyl (C=O) groups excluding carboxylic acids is 2. The van der Waals surface area contributed by atoms with Crippen molar-refractivity contribution in [1.29, 1.82) is 0 Å². The molecule has 2 aromatic heterocycles. The zero-order chi connectivity index (χ0) is 30.9. The van der Waals surface area contributed by atoms with Gasteiger partial charge >= 0.3 is 12.0 Å². The fourth-order valence-electron chi connectivity index (χ4n) is 5.52. The van der Waals surface area contributed by atoms with Gasteiger partial charge < -0.3 is 19.5 Å². The Morgan fingerprint density at radius 2 is 1.93 bits per heavy atom. The van der Waals surface area contributed by atoms with E-state index < -0.39 is 27.4 Å². The Hall–Kier alpha value is -3.86. The molecule has 1 saturated heterocycles. The lowest BCUT2D eigenvalue weighted by Crippen LogP contribution is -2.41. The average Bonchev–Trinajstić information content (AvgIpc) is 3.67. The third-order valence-corrected chi connectivity index (χ3v) is 10.5. The van der Waals surface area contributed by atoms with Gasteiger partial charge in [-0.1, -0.05) is 11.3 Å². The molecule has 3 amide bonds. The Bertz CT molecular complexity index is 1680. The summed E-state index contributed by atoms with van der Waals surface area (Å²) in [5, 5.41) is 12.4. The van der Waals surface area contributed by atoms with Crippen molar-refractivity contribution in [2.75, 3.05) is 63.8 Å². The molecule has 5 rings (SSSR count). The number of aliphatic carboxylic acids is 1. The van der Waals surface area contributed by atoms with Gasteiger partial charge in [-0.05, 0) is 36.2 Å². The number of methoxy groups -OCH3 is 2. The second-order valence-corrected chi connectivity index (χ2v) is 13.3. The molecule has 0 aliphatic carbocycles. The molecule has 0 bridgehead atoms. The van der Waals surface area contributed by atoms with E-state index in [4.69, 9.17) is 9.47 Å². The lowest BCUT2D eigenvalue weighted by atomic mass is 9.81. The van der Waals surface area contributed by atoms with E-state index in [1.807, 2.05) is 0 Å².